The average molecular weight is 294 g/mol. The molecule has 1 aliphatic rings. The summed E-state index contributed by atoms with van der Waals surface area (Å²) < 4.78 is 5.14. The number of allylic oxidation sites excluding steroid dienone is 1. The molecule has 0 aromatic carbocycles. The Balaban J connectivity index is 2.47. The topological polar surface area (TPSA) is 58.6 Å². The largest absolute Gasteiger partial charge is 0.463 e. The van der Waals surface area contributed by atoms with Crippen LogP contribution in [0.25, 0.3) is 0 Å². The van der Waals surface area contributed by atoms with E-state index < -0.39 is 6.04 Å². The zero-order valence-electron chi connectivity index (χ0n) is 11.8. The van der Waals surface area contributed by atoms with Gasteiger partial charge in [0.1, 0.15) is 0 Å². The molecule has 2 heterocycles. The standard InChI is InChI=1S/C14H18N2O3S/c1-4-16-9(3)11(13(17)19-5-2)12(15-14(16)18)10-7-6-8-20-10/h6-8,12H,4-5H2,1-3H3,(H,15,18). The molecule has 0 saturated heterocycles. The Morgan fingerprint density at radius 2 is 2.25 bits per heavy atom. The summed E-state index contributed by atoms with van der Waals surface area (Å²) in [5, 5.41) is 4.80. The van der Waals surface area contributed by atoms with E-state index >= 15 is 0 Å². The zero-order chi connectivity index (χ0) is 14.7. The van der Waals surface area contributed by atoms with Gasteiger partial charge in [0, 0.05) is 17.1 Å². The summed E-state index contributed by atoms with van der Waals surface area (Å²) in [6.07, 6.45) is 0. The molecule has 0 spiro atoms. The number of carbonyl (C=O) groups is 2. The number of nitrogens with one attached hydrogen (secondary N) is 1. The number of urea groups is 1. The maximum atomic E-state index is 12.2. The Morgan fingerprint density at radius 3 is 2.80 bits per heavy atom. The van der Waals surface area contributed by atoms with Crippen molar-refractivity contribution in [1.29, 1.82) is 0 Å². The van der Waals surface area contributed by atoms with Crippen LogP contribution in [0, 0.1) is 0 Å². The number of rotatable bonds is 4. The molecule has 2 amide bonds. The van der Waals surface area contributed by atoms with Crippen molar-refractivity contribution in [3.8, 4) is 0 Å². The third-order valence-electron chi connectivity index (χ3n) is 3.24. The first-order valence-electron chi connectivity index (χ1n) is 6.59. The van der Waals surface area contributed by atoms with E-state index in [-0.39, 0.29) is 12.0 Å². The van der Waals surface area contributed by atoms with Crippen LogP contribution in [-0.4, -0.2) is 30.1 Å². The molecule has 1 unspecified atom stereocenters. The van der Waals surface area contributed by atoms with Crippen LogP contribution >= 0.6 is 11.3 Å². The summed E-state index contributed by atoms with van der Waals surface area (Å²) in [6.45, 7) is 6.25. The van der Waals surface area contributed by atoms with Gasteiger partial charge in [-0.25, -0.2) is 9.59 Å². The predicted octanol–water partition coefficient (Wildman–Crippen LogP) is 2.67. The first-order valence-corrected chi connectivity index (χ1v) is 7.47. The van der Waals surface area contributed by atoms with Crippen molar-refractivity contribution in [2.75, 3.05) is 13.2 Å². The number of nitrogens with zero attached hydrogens (tertiary/aromatic N) is 1. The molecule has 108 valence electrons. The van der Waals surface area contributed by atoms with Crippen molar-refractivity contribution in [2.45, 2.75) is 26.8 Å². The molecule has 20 heavy (non-hydrogen) atoms. The van der Waals surface area contributed by atoms with Gasteiger partial charge in [-0.05, 0) is 32.2 Å². The number of hydrogen-bond acceptors (Lipinski definition) is 4. The Morgan fingerprint density at radius 1 is 1.50 bits per heavy atom. The van der Waals surface area contributed by atoms with Gasteiger partial charge in [0.25, 0.3) is 0 Å². The quantitative estimate of drug-likeness (QED) is 0.869. The molecular weight excluding hydrogens is 276 g/mol. The van der Waals surface area contributed by atoms with E-state index in [2.05, 4.69) is 5.32 Å². The fraction of sp³-hybridized carbons (Fsp3) is 0.429. The fourth-order valence-electron chi connectivity index (χ4n) is 2.30. The second-order valence-electron chi connectivity index (χ2n) is 4.36. The minimum atomic E-state index is -0.427. The van der Waals surface area contributed by atoms with Crippen LogP contribution in [0.15, 0.2) is 28.8 Å². The monoisotopic (exact) mass is 294 g/mol. The Kier molecular flexibility index (Phi) is 4.44. The van der Waals surface area contributed by atoms with Crippen molar-refractivity contribution in [3.05, 3.63) is 33.7 Å². The lowest BCUT2D eigenvalue weighted by atomic mass is 10.0. The van der Waals surface area contributed by atoms with Crippen LogP contribution in [0.5, 0.6) is 0 Å². The third-order valence-corrected chi connectivity index (χ3v) is 4.17. The molecule has 0 saturated carbocycles. The summed E-state index contributed by atoms with van der Waals surface area (Å²) >= 11 is 1.51. The van der Waals surface area contributed by atoms with Gasteiger partial charge in [0.05, 0.1) is 18.2 Å². The van der Waals surface area contributed by atoms with Crippen LogP contribution in [0.4, 0.5) is 4.79 Å². The Hall–Kier alpha value is -1.82. The highest BCUT2D eigenvalue weighted by atomic mass is 32.1. The lowest BCUT2D eigenvalue weighted by Crippen LogP contribution is -2.47. The highest BCUT2D eigenvalue weighted by Gasteiger charge is 2.36. The normalized spacial score (nSPS) is 19.1. The molecule has 5 nitrogen and oxygen atoms in total. The van der Waals surface area contributed by atoms with Gasteiger partial charge in [-0.3, -0.25) is 4.90 Å². The van der Waals surface area contributed by atoms with Crippen molar-refractivity contribution >= 4 is 23.3 Å². The number of carbonyl (C=O) groups excluding carboxylic acids is 2. The van der Waals surface area contributed by atoms with Crippen LogP contribution in [0.2, 0.25) is 0 Å². The van der Waals surface area contributed by atoms with Crippen molar-refractivity contribution in [2.24, 2.45) is 0 Å². The van der Waals surface area contributed by atoms with Crippen LogP contribution in [0.1, 0.15) is 31.7 Å². The van der Waals surface area contributed by atoms with E-state index in [1.165, 1.54) is 11.3 Å². The van der Waals surface area contributed by atoms with E-state index in [1.54, 1.807) is 18.7 Å². The smallest absolute Gasteiger partial charge is 0.338 e. The number of amides is 2. The second-order valence-corrected chi connectivity index (χ2v) is 5.34. The summed E-state index contributed by atoms with van der Waals surface area (Å²) in [7, 11) is 0. The first-order chi connectivity index (χ1) is 9.60. The molecule has 6 heteroatoms. The van der Waals surface area contributed by atoms with Gasteiger partial charge < -0.3 is 10.1 Å². The summed E-state index contributed by atoms with van der Waals surface area (Å²) in [5.74, 6) is -0.373. The van der Waals surface area contributed by atoms with E-state index in [1.807, 2.05) is 24.4 Å². The Labute approximate surface area is 122 Å². The van der Waals surface area contributed by atoms with E-state index in [0.29, 0.717) is 24.4 Å². The molecule has 1 aromatic heterocycles. The maximum Gasteiger partial charge on any atom is 0.338 e. The highest BCUT2D eigenvalue weighted by Crippen LogP contribution is 2.33. The molecule has 1 N–H and O–H groups in total. The van der Waals surface area contributed by atoms with E-state index in [0.717, 1.165) is 4.88 Å². The molecule has 1 aliphatic heterocycles. The number of thiophene rings is 1. The van der Waals surface area contributed by atoms with Gasteiger partial charge in [-0.1, -0.05) is 6.07 Å². The van der Waals surface area contributed by atoms with E-state index in [4.69, 9.17) is 4.74 Å². The number of esters is 1. The molecule has 0 fully saturated rings. The van der Waals surface area contributed by atoms with Crippen LogP contribution in [-0.2, 0) is 9.53 Å². The third kappa shape index (κ3) is 2.56. The van der Waals surface area contributed by atoms with E-state index in [9.17, 15) is 9.59 Å². The molecule has 1 aromatic rings. The SMILES string of the molecule is CCOC(=O)C1=C(C)N(CC)C(=O)NC1c1cccs1. The van der Waals surface area contributed by atoms with Crippen molar-refractivity contribution in [1.82, 2.24) is 10.2 Å². The highest BCUT2D eigenvalue weighted by molar-refractivity contribution is 7.10. The first kappa shape index (κ1) is 14.6. The molecule has 2 rings (SSSR count). The number of hydrogen-bond donors (Lipinski definition) is 1. The molecule has 1 atom stereocenters. The lowest BCUT2D eigenvalue weighted by molar-refractivity contribution is -0.139. The van der Waals surface area contributed by atoms with Gasteiger partial charge in [-0.15, -0.1) is 11.3 Å². The van der Waals surface area contributed by atoms with Crippen LogP contribution < -0.4 is 5.32 Å². The summed E-state index contributed by atoms with van der Waals surface area (Å²) in [6, 6.07) is 3.20. The molecule has 0 bridgehead atoms. The van der Waals surface area contributed by atoms with Gasteiger partial charge in [0.15, 0.2) is 0 Å². The van der Waals surface area contributed by atoms with Gasteiger partial charge in [-0.2, -0.15) is 0 Å². The second kappa shape index (κ2) is 6.09. The van der Waals surface area contributed by atoms with Crippen molar-refractivity contribution in [3.63, 3.8) is 0 Å². The van der Waals surface area contributed by atoms with Crippen LogP contribution in [0.3, 0.4) is 0 Å². The van der Waals surface area contributed by atoms with Gasteiger partial charge >= 0.3 is 12.0 Å². The predicted molar refractivity (Wildman–Crippen MR) is 77.3 cm³/mol. The molecular formula is C14H18N2O3S. The minimum Gasteiger partial charge on any atom is -0.463 e. The lowest BCUT2D eigenvalue weighted by Gasteiger charge is -2.34. The Bertz CT molecular complexity index is 537. The molecule has 0 radical (unpaired) electrons. The van der Waals surface area contributed by atoms with Crippen molar-refractivity contribution < 1.29 is 14.3 Å². The average Bonchev–Trinajstić information content (AvgIpc) is 2.92. The van der Waals surface area contributed by atoms with Gasteiger partial charge in [0.2, 0.25) is 0 Å². The minimum absolute atomic E-state index is 0.184. The maximum absolute atomic E-state index is 12.2. The zero-order valence-corrected chi connectivity index (χ0v) is 12.6. The summed E-state index contributed by atoms with van der Waals surface area (Å²) in [5.41, 5.74) is 1.17. The molecule has 0 aliphatic carbocycles. The number of ether oxygens (including phenoxy) is 1. The summed E-state index contributed by atoms with van der Waals surface area (Å²) in [4.78, 5) is 26.8. The fourth-order valence-corrected chi connectivity index (χ4v) is 3.09.